The first-order valence-electron chi connectivity index (χ1n) is 4.33. The number of carbonyl (C=O) groups excluding carboxylic acids is 1. The van der Waals surface area contributed by atoms with Crippen molar-refractivity contribution in [3.8, 4) is 0 Å². The van der Waals surface area contributed by atoms with Gasteiger partial charge in [0.2, 0.25) is 5.78 Å². The number of rotatable bonds is 3. The van der Waals surface area contributed by atoms with Crippen molar-refractivity contribution in [3.05, 3.63) is 45.5 Å². The van der Waals surface area contributed by atoms with Crippen LogP contribution in [0.2, 0.25) is 0 Å². The number of carboxylic acids is 1. The summed E-state index contributed by atoms with van der Waals surface area (Å²) in [7, 11) is 0. The highest BCUT2D eigenvalue weighted by Crippen LogP contribution is 2.19. The number of allylic oxidation sites excluding steroid dienone is 1. The summed E-state index contributed by atoms with van der Waals surface area (Å²) in [5.74, 6) is -2.03. The molecular formula is C11H8Cl2O3. The van der Waals surface area contributed by atoms with Gasteiger partial charge in [0.05, 0.1) is 0 Å². The molecule has 5 heteroatoms. The number of carbonyl (C=O) groups is 2. The smallest absolute Gasteiger partial charge is 0.349 e. The van der Waals surface area contributed by atoms with E-state index in [0.717, 1.165) is 5.56 Å². The SMILES string of the molecule is Cc1ccc(C(=O)/C(Cl)=C(/Cl)C(=O)O)cc1. The van der Waals surface area contributed by atoms with Crippen molar-refractivity contribution < 1.29 is 14.7 Å². The van der Waals surface area contributed by atoms with E-state index in [1.54, 1.807) is 24.3 Å². The van der Waals surface area contributed by atoms with Gasteiger partial charge in [-0.05, 0) is 6.92 Å². The van der Waals surface area contributed by atoms with Crippen LogP contribution in [0.3, 0.4) is 0 Å². The zero-order valence-corrected chi connectivity index (χ0v) is 9.84. The summed E-state index contributed by atoms with van der Waals surface area (Å²) in [6.45, 7) is 1.87. The topological polar surface area (TPSA) is 54.4 Å². The van der Waals surface area contributed by atoms with Gasteiger partial charge in [-0.3, -0.25) is 4.79 Å². The molecule has 0 bridgehead atoms. The molecule has 0 saturated heterocycles. The molecule has 16 heavy (non-hydrogen) atoms. The summed E-state index contributed by atoms with van der Waals surface area (Å²) < 4.78 is 0. The van der Waals surface area contributed by atoms with Crippen molar-refractivity contribution >= 4 is 35.0 Å². The van der Waals surface area contributed by atoms with Crippen LogP contribution in [0.25, 0.3) is 0 Å². The van der Waals surface area contributed by atoms with E-state index < -0.39 is 21.8 Å². The summed E-state index contributed by atoms with van der Waals surface area (Å²) in [4.78, 5) is 22.2. The van der Waals surface area contributed by atoms with Gasteiger partial charge < -0.3 is 5.11 Å². The minimum Gasteiger partial charge on any atom is -0.477 e. The molecule has 0 heterocycles. The van der Waals surface area contributed by atoms with E-state index in [-0.39, 0.29) is 0 Å². The average Bonchev–Trinajstić information content (AvgIpc) is 2.27. The number of Topliss-reactive ketones (excluding diaryl/α,β-unsaturated/α-hetero) is 1. The zero-order valence-electron chi connectivity index (χ0n) is 8.33. The first kappa shape index (κ1) is 12.7. The normalized spacial score (nSPS) is 11.9. The Balaban J connectivity index is 3.08. The van der Waals surface area contributed by atoms with E-state index in [1.165, 1.54) is 0 Å². The summed E-state index contributed by atoms with van der Waals surface area (Å²) in [6.07, 6.45) is 0. The van der Waals surface area contributed by atoms with Gasteiger partial charge in [-0.15, -0.1) is 0 Å². The number of hydrogen-bond acceptors (Lipinski definition) is 2. The third-order valence-corrected chi connectivity index (χ3v) is 2.70. The van der Waals surface area contributed by atoms with E-state index in [1.807, 2.05) is 6.92 Å². The van der Waals surface area contributed by atoms with Crippen LogP contribution in [-0.4, -0.2) is 16.9 Å². The van der Waals surface area contributed by atoms with E-state index in [4.69, 9.17) is 28.3 Å². The molecule has 84 valence electrons. The van der Waals surface area contributed by atoms with Gasteiger partial charge in [0.15, 0.2) is 0 Å². The molecule has 1 N–H and O–H groups in total. The van der Waals surface area contributed by atoms with E-state index >= 15 is 0 Å². The van der Waals surface area contributed by atoms with Gasteiger partial charge in [-0.2, -0.15) is 0 Å². The van der Waals surface area contributed by atoms with Gasteiger partial charge in [-0.1, -0.05) is 53.0 Å². The fourth-order valence-corrected chi connectivity index (χ4v) is 1.30. The molecule has 0 radical (unpaired) electrons. The number of carboxylic acid groups (broad SMARTS) is 1. The Bertz CT molecular complexity index is 461. The van der Waals surface area contributed by atoms with Gasteiger partial charge in [0, 0.05) is 5.56 Å². The third-order valence-electron chi connectivity index (χ3n) is 1.89. The lowest BCUT2D eigenvalue weighted by molar-refractivity contribution is -0.131. The Morgan fingerprint density at radius 2 is 1.56 bits per heavy atom. The molecule has 1 aromatic rings. The first-order valence-corrected chi connectivity index (χ1v) is 5.09. The molecule has 0 fully saturated rings. The molecule has 0 amide bonds. The number of halogens is 2. The fraction of sp³-hybridized carbons (Fsp3) is 0.0909. The number of aliphatic carboxylic acids is 1. The highest BCUT2D eigenvalue weighted by Gasteiger charge is 2.18. The molecule has 3 nitrogen and oxygen atoms in total. The molecule has 0 unspecified atom stereocenters. The lowest BCUT2D eigenvalue weighted by Crippen LogP contribution is -2.05. The minimum absolute atomic E-state index is 0.301. The fourth-order valence-electron chi connectivity index (χ4n) is 1.03. The summed E-state index contributed by atoms with van der Waals surface area (Å²) >= 11 is 10.9. The van der Waals surface area contributed by atoms with Crippen LogP contribution in [-0.2, 0) is 4.79 Å². The second-order valence-electron chi connectivity index (χ2n) is 3.13. The van der Waals surface area contributed by atoms with Crippen molar-refractivity contribution in [1.29, 1.82) is 0 Å². The maximum absolute atomic E-state index is 11.7. The minimum atomic E-state index is -1.42. The van der Waals surface area contributed by atoms with E-state index in [2.05, 4.69) is 0 Å². The Labute approximate surface area is 102 Å². The third kappa shape index (κ3) is 2.84. The first-order chi connectivity index (χ1) is 7.43. The quantitative estimate of drug-likeness (QED) is 0.670. The second-order valence-corrected chi connectivity index (χ2v) is 3.88. The summed E-state index contributed by atoms with van der Waals surface area (Å²) in [6, 6.07) is 6.58. The number of benzene rings is 1. The van der Waals surface area contributed by atoms with Crippen molar-refractivity contribution in [3.63, 3.8) is 0 Å². The van der Waals surface area contributed by atoms with Crippen LogP contribution in [0.1, 0.15) is 15.9 Å². The second kappa shape index (κ2) is 5.14. The summed E-state index contributed by atoms with van der Waals surface area (Å²) in [5, 5.41) is 7.40. The molecular weight excluding hydrogens is 251 g/mol. The maximum Gasteiger partial charge on any atom is 0.349 e. The monoisotopic (exact) mass is 258 g/mol. The molecule has 1 rings (SSSR count). The number of aryl methyl sites for hydroxylation is 1. The Morgan fingerprint density at radius 3 is 2.00 bits per heavy atom. The van der Waals surface area contributed by atoms with Gasteiger partial charge >= 0.3 is 5.97 Å². The predicted octanol–water partition coefficient (Wildman–Crippen LogP) is 2.95. The highest BCUT2D eigenvalue weighted by atomic mass is 35.5. The predicted molar refractivity (Wildman–Crippen MR) is 61.9 cm³/mol. The number of ketones is 1. The molecule has 0 atom stereocenters. The molecule has 0 aliphatic heterocycles. The molecule has 0 aliphatic carbocycles. The highest BCUT2D eigenvalue weighted by molar-refractivity contribution is 6.54. The lowest BCUT2D eigenvalue weighted by Gasteiger charge is -2.01. The van der Waals surface area contributed by atoms with E-state index in [9.17, 15) is 9.59 Å². The molecule has 1 aromatic carbocycles. The molecule has 0 aromatic heterocycles. The Hall–Kier alpha value is -1.32. The summed E-state index contributed by atoms with van der Waals surface area (Å²) in [5.41, 5.74) is 1.29. The molecule has 0 saturated carbocycles. The van der Waals surface area contributed by atoms with Crippen LogP contribution >= 0.6 is 23.2 Å². The largest absolute Gasteiger partial charge is 0.477 e. The van der Waals surface area contributed by atoms with E-state index in [0.29, 0.717) is 5.56 Å². The maximum atomic E-state index is 11.7. The van der Waals surface area contributed by atoms with Crippen molar-refractivity contribution in [2.24, 2.45) is 0 Å². The molecule has 0 spiro atoms. The lowest BCUT2D eigenvalue weighted by atomic mass is 10.1. The average molecular weight is 259 g/mol. The van der Waals surface area contributed by atoms with Crippen LogP contribution in [0, 0.1) is 6.92 Å². The van der Waals surface area contributed by atoms with Crippen molar-refractivity contribution in [1.82, 2.24) is 0 Å². The van der Waals surface area contributed by atoms with Crippen molar-refractivity contribution in [2.45, 2.75) is 6.92 Å². The Kier molecular flexibility index (Phi) is 4.10. The number of hydrogen-bond donors (Lipinski definition) is 1. The standard InChI is InChI=1S/C11H8Cl2O3/c1-6-2-4-7(5-3-6)10(14)8(12)9(13)11(15)16/h2-5H,1H3,(H,15,16)/b9-8-. The van der Waals surface area contributed by atoms with Crippen LogP contribution in [0.4, 0.5) is 0 Å². The van der Waals surface area contributed by atoms with Gasteiger partial charge in [0.1, 0.15) is 10.1 Å². The zero-order chi connectivity index (χ0) is 12.3. The van der Waals surface area contributed by atoms with Crippen LogP contribution in [0.15, 0.2) is 34.3 Å². The van der Waals surface area contributed by atoms with Gasteiger partial charge in [0.25, 0.3) is 0 Å². The molecule has 0 aliphatic rings. The van der Waals surface area contributed by atoms with Gasteiger partial charge in [-0.25, -0.2) is 4.79 Å². The van der Waals surface area contributed by atoms with Crippen LogP contribution < -0.4 is 0 Å². The van der Waals surface area contributed by atoms with Crippen LogP contribution in [0.5, 0.6) is 0 Å². The Morgan fingerprint density at radius 1 is 1.06 bits per heavy atom. The van der Waals surface area contributed by atoms with Crippen molar-refractivity contribution in [2.75, 3.05) is 0 Å².